The zero-order chi connectivity index (χ0) is 17.2. The van der Waals surface area contributed by atoms with E-state index in [0.717, 1.165) is 16.6 Å². The summed E-state index contributed by atoms with van der Waals surface area (Å²) in [6.45, 7) is 0.704. The minimum absolute atomic E-state index is 0.0346. The Bertz CT molecular complexity index is 908. The Morgan fingerprint density at radius 1 is 1.04 bits per heavy atom. The molecule has 0 atom stereocenters. The van der Waals surface area contributed by atoms with Gasteiger partial charge in [-0.25, -0.2) is 4.98 Å². The number of carbonyl (C=O) groups is 1. The van der Waals surface area contributed by atoms with E-state index in [1.54, 1.807) is 18.3 Å². The zero-order valence-corrected chi connectivity index (χ0v) is 14.9. The Labute approximate surface area is 154 Å². The first-order valence-corrected chi connectivity index (χ1v) is 8.79. The summed E-state index contributed by atoms with van der Waals surface area (Å²) >= 11 is 3.39. The van der Waals surface area contributed by atoms with Gasteiger partial charge in [-0.3, -0.25) is 4.79 Å². The Balaban J connectivity index is 1.50. The molecule has 1 amide bonds. The number of amides is 1. The summed E-state index contributed by atoms with van der Waals surface area (Å²) in [5, 5.41) is 0. The van der Waals surface area contributed by atoms with E-state index in [9.17, 15) is 4.79 Å². The number of pyridine rings is 1. The molecule has 0 saturated heterocycles. The number of hydrogen-bond acceptors (Lipinski definition) is 3. The molecule has 4 rings (SSSR count). The second-order valence-electron chi connectivity index (χ2n) is 5.78. The Kier molecular flexibility index (Phi) is 4.24. The van der Waals surface area contributed by atoms with Gasteiger partial charge < -0.3 is 9.64 Å². The van der Waals surface area contributed by atoms with Crippen molar-refractivity contribution in [2.45, 2.75) is 6.42 Å². The number of anilines is 1. The van der Waals surface area contributed by atoms with E-state index in [0.29, 0.717) is 23.7 Å². The molecule has 2 aromatic carbocycles. The normalized spacial score (nSPS) is 12.8. The smallest absolute Gasteiger partial charge is 0.259 e. The maximum absolute atomic E-state index is 12.8. The molecule has 1 aromatic heterocycles. The van der Waals surface area contributed by atoms with Crippen LogP contribution in [0.1, 0.15) is 15.9 Å². The maximum atomic E-state index is 12.8. The summed E-state index contributed by atoms with van der Waals surface area (Å²) in [6.07, 6.45) is 2.46. The van der Waals surface area contributed by atoms with Gasteiger partial charge in [-0.15, -0.1) is 0 Å². The van der Waals surface area contributed by atoms with Gasteiger partial charge in [-0.05, 0) is 48.4 Å². The first-order valence-electron chi connectivity index (χ1n) is 8.00. The van der Waals surface area contributed by atoms with Crippen LogP contribution in [-0.2, 0) is 6.42 Å². The average Bonchev–Trinajstić information content (AvgIpc) is 3.08. The Morgan fingerprint density at radius 3 is 2.60 bits per heavy atom. The molecular formula is C20H15BrN2O2. The molecule has 0 N–H and O–H groups in total. The standard InChI is InChI=1S/C20H15BrN2O2/c21-16-6-8-17(9-7-16)25-19-10-5-15(13-22-19)20(24)23-12-11-14-3-1-2-4-18(14)23/h1-10,13H,11-12H2. The molecule has 0 radical (unpaired) electrons. The van der Waals surface area contributed by atoms with Crippen LogP contribution in [0.3, 0.4) is 0 Å². The highest BCUT2D eigenvalue weighted by Gasteiger charge is 2.25. The number of para-hydroxylation sites is 1. The molecule has 25 heavy (non-hydrogen) atoms. The number of benzene rings is 2. The van der Waals surface area contributed by atoms with Crippen LogP contribution in [0.5, 0.6) is 11.6 Å². The van der Waals surface area contributed by atoms with Gasteiger partial charge in [0, 0.05) is 29.0 Å². The number of carbonyl (C=O) groups excluding carboxylic acids is 1. The van der Waals surface area contributed by atoms with Crippen molar-refractivity contribution in [2.75, 3.05) is 11.4 Å². The first-order chi connectivity index (χ1) is 12.2. The highest BCUT2D eigenvalue weighted by atomic mass is 79.9. The molecule has 5 heteroatoms. The van der Waals surface area contributed by atoms with Crippen molar-refractivity contribution in [3.63, 3.8) is 0 Å². The SMILES string of the molecule is O=C(c1ccc(Oc2ccc(Br)cc2)nc1)N1CCc2ccccc21. The van der Waals surface area contributed by atoms with Crippen LogP contribution in [0.15, 0.2) is 71.3 Å². The third-order valence-electron chi connectivity index (χ3n) is 4.15. The molecule has 0 bridgehead atoms. The molecule has 1 aliphatic rings. The fraction of sp³-hybridized carbons (Fsp3) is 0.100. The highest BCUT2D eigenvalue weighted by molar-refractivity contribution is 9.10. The van der Waals surface area contributed by atoms with Gasteiger partial charge in [0.1, 0.15) is 5.75 Å². The fourth-order valence-corrected chi connectivity index (χ4v) is 3.16. The maximum Gasteiger partial charge on any atom is 0.259 e. The number of ether oxygens (including phenoxy) is 1. The lowest BCUT2D eigenvalue weighted by atomic mass is 10.2. The molecule has 2 heterocycles. The average molecular weight is 395 g/mol. The molecule has 4 nitrogen and oxygen atoms in total. The number of halogens is 1. The van der Waals surface area contributed by atoms with Crippen molar-refractivity contribution in [3.05, 3.63) is 82.5 Å². The number of fused-ring (bicyclic) bond motifs is 1. The van der Waals surface area contributed by atoms with Crippen LogP contribution in [0.4, 0.5) is 5.69 Å². The second kappa shape index (κ2) is 6.69. The van der Waals surface area contributed by atoms with E-state index in [1.807, 2.05) is 47.4 Å². The summed E-state index contributed by atoms with van der Waals surface area (Å²) in [5.74, 6) is 1.12. The predicted molar refractivity (Wildman–Crippen MR) is 100 cm³/mol. The lowest BCUT2D eigenvalue weighted by Crippen LogP contribution is -2.28. The van der Waals surface area contributed by atoms with E-state index in [4.69, 9.17) is 4.74 Å². The number of aromatic nitrogens is 1. The summed E-state index contributed by atoms with van der Waals surface area (Å²) in [5.41, 5.74) is 2.75. The van der Waals surface area contributed by atoms with E-state index in [2.05, 4.69) is 27.0 Å². The number of nitrogens with zero attached hydrogens (tertiary/aromatic N) is 2. The molecule has 0 unspecified atom stereocenters. The van der Waals surface area contributed by atoms with Gasteiger partial charge in [-0.1, -0.05) is 34.1 Å². The van der Waals surface area contributed by atoms with Crippen LogP contribution < -0.4 is 9.64 Å². The Hall–Kier alpha value is -2.66. The van der Waals surface area contributed by atoms with Crippen molar-refractivity contribution in [1.82, 2.24) is 4.98 Å². The molecule has 0 spiro atoms. The predicted octanol–water partition coefficient (Wildman–Crippen LogP) is 4.84. The van der Waals surface area contributed by atoms with E-state index < -0.39 is 0 Å². The topological polar surface area (TPSA) is 42.4 Å². The molecule has 1 aliphatic heterocycles. The molecule has 3 aromatic rings. The lowest BCUT2D eigenvalue weighted by molar-refractivity contribution is 0.0989. The van der Waals surface area contributed by atoms with Crippen LogP contribution in [-0.4, -0.2) is 17.4 Å². The summed E-state index contributed by atoms with van der Waals surface area (Å²) in [7, 11) is 0. The van der Waals surface area contributed by atoms with Crippen molar-refractivity contribution < 1.29 is 9.53 Å². The van der Waals surface area contributed by atoms with Gasteiger partial charge in [-0.2, -0.15) is 0 Å². The first kappa shape index (κ1) is 15.8. The minimum Gasteiger partial charge on any atom is -0.439 e. The summed E-state index contributed by atoms with van der Waals surface area (Å²) in [6, 6.07) is 19.0. The van der Waals surface area contributed by atoms with Crippen LogP contribution in [0.2, 0.25) is 0 Å². The van der Waals surface area contributed by atoms with Gasteiger partial charge in [0.05, 0.1) is 5.56 Å². The van der Waals surface area contributed by atoms with Crippen molar-refractivity contribution in [3.8, 4) is 11.6 Å². The van der Waals surface area contributed by atoms with Crippen molar-refractivity contribution >= 4 is 27.5 Å². The van der Waals surface area contributed by atoms with Gasteiger partial charge in [0.25, 0.3) is 5.91 Å². The minimum atomic E-state index is -0.0346. The quantitative estimate of drug-likeness (QED) is 0.638. The van der Waals surface area contributed by atoms with Crippen LogP contribution in [0.25, 0.3) is 0 Å². The highest BCUT2D eigenvalue weighted by Crippen LogP contribution is 2.29. The number of rotatable bonds is 3. The van der Waals surface area contributed by atoms with Crippen molar-refractivity contribution in [1.29, 1.82) is 0 Å². The van der Waals surface area contributed by atoms with E-state index >= 15 is 0 Å². The Morgan fingerprint density at radius 2 is 1.84 bits per heavy atom. The fourth-order valence-electron chi connectivity index (χ4n) is 2.90. The lowest BCUT2D eigenvalue weighted by Gasteiger charge is -2.17. The molecule has 0 aliphatic carbocycles. The van der Waals surface area contributed by atoms with Crippen molar-refractivity contribution in [2.24, 2.45) is 0 Å². The van der Waals surface area contributed by atoms with Gasteiger partial charge in [0.2, 0.25) is 5.88 Å². The monoisotopic (exact) mass is 394 g/mol. The summed E-state index contributed by atoms with van der Waals surface area (Å²) < 4.78 is 6.68. The van der Waals surface area contributed by atoms with Crippen LogP contribution in [0, 0.1) is 0 Å². The van der Waals surface area contributed by atoms with Gasteiger partial charge in [0.15, 0.2) is 0 Å². The zero-order valence-electron chi connectivity index (χ0n) is 13.4. The third kappa shape index (κ3) is 3.28. The molecule has 124 valence electrons. The molecular weight excluding hydrogens is 380 g/mol. The third-order valence-corrected chi connectivity index (χ3v) is 4.68. The van der Waals surface area contributed by atoms with E-state index in [-0.39, 0.29) is 5.91 Å². The summed E-state index contributed by atoms with van der Waals surface area (Å²) in [4.78, 5) is 18.8. The van der Waals surface area contributed by atoms with Crippen LogP contribution >= 0.6 is 15.9 Å². The van der Waals surface area contributed by atoms with E-state index in [1.165, 1.54) is 5.56 Å². The second-order valence-corrected chi connectivity index (χ2v) is 6.69. The largest absolute Gasteiger partial charge is 0.439 e. The molecule has 0 saturated carbocycles. The van der Waals surface area contributed by atoms with Gasteiger partial charge >= 0.3 is 0 Å². The molecule has 0 fully saturated rings. The number of hydrogen-bond donors (Lipinski definition) is 0.